The van der Waals surface area contributed by atoms with Gasteiger partial charge in [-0.2, -0.15) is 0 Å². The van der Waals surface area contributed by atoms with E-state index in [4.69, 9.17) is 4.42 Å². The molecule has 0 fully saturated rings. The number of nitrogens with one attached hydrogen (secondary N) is 3. The molecule has 0 atom stereocenters. The van der Waals surface area contributed by atoms with E-state index in [-0.39, 0.29) is 5.69 Å². The highest BCUT2D eigenvalue weighted by Crippen LogP contribution is 2.19. The van der Waals surface area contributed by atoms with Crippen molar-refractivity contribution in [3.63, 3.8) is 0 Å². The predicted molar refractivity (Wildman–Crippen MR) is 57.2 cm³/mol. The van der Waals surface area contributed by atoms with Gasteiger partial charge in [0.15, 0.2) is 5.58 Å². The fourth-order valence-corrected chi connectivity index (χ4v) is 1.61. The molecule has 16 heavy (non-hydrogen) atoms. The molecule has 0 aliphatic heterocycles. The van der Waals surface area contributed by atoms with E-state index in [0.29, 0.717) is 16.8 Å². The number of aromatic nitrogens is 3. The number of aromatic amines is 3. The highest BCUT2D eigenvalue weighted by molar-refractivity contribution is 5.78. The highest BCUT2D eigenvalue weighted by atomic mass is 16.4. The number of hydrogen-bond acceptors (Lipinski definition) is 3. The van der Waals surface area contributed by atoms with E-state index in [1.54, 1.807) is 24.4 Å². The molecule has 0 spiro atoms. The number of H-pyrrole nitrogens is 3. The molecule has 0 unspecified atom stereocenters. The van der Waals surface area contributed by atoms with Gasteiger partial charge in [0.05, 0.1) is 11.2 Å². The Morgan fingerprint density at radius 3 is 2.75 bits per heavy atom. The van der Waals surface area contributed by atoms with Gasteiger partial charge in [-0.15, -0.1) is 0 Å². The summed E-state index contributed by atoms with van der Waals surface area (Å²) in [7, 11) is 0. The van der Waals surface area contributed by atoms with Crippen molar-refractivity contribution in [1.29, 1.82) is 0 Å². The SMILES string of the molecule is O=c1[nH]cc(-c2ccc3oc(=O)[nH]c3c2)[nH]1. The van der Waals surface area contributed by atoms with Gasteiger partial charge >= 0.3 is 11.4 Å². The number of imidazole rings is 1. The van der Waals surface area contributed by atoms with Crippen molar-refractivity contribution in [3.05, 3.63) is 45.4 Å². The van der Waals surface area contributed by atoms with Gasteiger partial charge in [0, 0.05) is 11.8 Å². The molecule has 0 radical (unpaired) electrons. The second kappa shape index (κ2) is 2.99. The van der Waals surface area contributed by atoms with E-state index in [2.05, 4.69) is 15.0 Å². The molecule has 2 aromatic heterocycles. The highest BCUT2D eigenvalue weighted by Gasteiger charge is 2.04. The zero-order valence-electron chi connectivity index (χ0n) is 8.03. The molecule has 0 saturated carbocycles. The van der Waals surface area contributed by atoms with Crippen molar-refractivity contribution in [2.75, 3.05) is 0 Å². The van der Waals surface area contributed by atoms with Crippen LogP contribution in [-0.4, -0.2) is 15.0 Å². The molecule has 0 bridgehead atoms. The number of hydrogen-bond donors (Lipinski definition) is 3. The van der Waals surface area contributed by atoms with E-state index in [0.717, 1.165) is 5.56 Å². The minimum atomic E-state index is -0.491. The summed E-state index contributed by atoms with van der Waals surface area (Å²) in [6, 6.07) is 5.17. The van der Waals surface area contributed by atoms with Crippen molar-refractivity contribution in [3.8, 4) is 11.3 Å². The summed E-state index contributed by atoms with van der Waals surface area (Å²) in [5.41, 5.74) is 2.28. The summed E-state index contributed by atoms with van der Waals surface area (Å²) >= 11 is 0. The molecule has 0 aliphatic rings. The second-order valence-corrected chi connectivity index (χ2v) is 3.38. The molecular formula is C10H7N3O3. The van der Waals surface area contributed by atoms with Gasteiger partial charge < -0.3 is 14.4 Å². The summed E-state index contributed by atoms with van der Waals surface area (Å²) < 4.78 is 4.87. The van der Waals surface area contributed by atoms with Crippen LogP contribution >= 0.6 is 0 Å². The number of rotatable bonds is 1. The fraction of sp³-hybridized carbons (Fsp3) is 0. The second-order valence-electron chi connectivity index (χ2n) is 3.38. The Labute approximate surface area is 87.9 Å². The predicted octanol–water partition coefficient (Wildman–Crippen LogP) is 0.804. The largest absolute Gasteiger partial charge is 0.417 e. The third-order valence-corrected chi connectivity index (χ3v) is 2.33. The lowest BCUT2D eigenvalue weighted by Gasteiger charge is -1.95. The minimum absolute atomic E-state index is 0.268. The maximum Gasteiger partial charge on any atom is 0.417 e. The minimum Gasteiger partial charge on any atom is -0.408 e. The van der Waals surface area contributed by atoms with Gasteiger partial charge in [0.2, 0.25) is 0 Å². The van der Waals surface area contributed by atoms with Crippen LogP contribution in [0, 0.1) is 0 Å². The van der Waals surface area contributed by atoms with Gasteiger partial charge in [-0.1, -0.05) is 0 Å². The van der Waals surface area contributed by atoms with Crippen LogP contribution in [-0.2, 0) is 0 Å². The Bertz CT molecular complexity index is 759. The van der Waals surface area contributed by atoms with Crippen molar-refractivity contribution in [2.24, 2.45) is 0 Å². The van der Waals surface area contributed by atoms with Crippen LogP contribution in [0.4, 0.5) is 0 Å². The van der Waals surface area contributed by atoms with Crippen LogP contribution in [0.1, 0.15) is 0 Å². The molecule has 3 rings (SSSR count). The monoisotopic (exact) mass is 217 g/mol. The Hall–Kier alpha value is -2.50. The first-order chi connectivity index (χ1) is 7.72. The van der Waals surface area contributed by atoms with Gasteiger partial charge in [-0.05, 0) is 18.2 Å². The molecule has 2 heterocycles. The summed E-state index contributed by atoms with van der Waals surface area (Å²) in [5, 5.41) is 0. The Morgan fingerprint density at radius 2 is 2.00 bits per heavy atom. The normalized spacial score (nSPS) is 11.0. The van der Waals surface area contributed by atoms with Crippen LogP contribution in [0.5, 0.6) is 0 Å². The number of oxazole rings is 1. The molecule has 3 N–H and O–H groups in total. The molecule has 0 aliphatic carbocycles. The van der Waals surface area contributed by atoms with E-state index < -0.39 is 5.76 Å². The van der Waals surface area contributed by atoms with Gasteiger partial charge in [-0.25, -0.2) is 9.59 Å². The number of fused-ring (bicyclic) bond motifs is 1. The van der Waals surface area contributed by atoms with Crippen molar-refractivity contribution < 1.29 is 4.42 Å². The van der Waals surface area contributed by atoms with Gasteiger partial charge in [-0.3, -0.25) is 4.98 Å². The van der Waals surface area contributed by atoms with Crippen LogP contribution in [0.2, 0.25) is 0 Å². The Kier molecular flexibility index (Phi) is 1.64. The van der Waals surface area contributed by atoms with Crippen molar-refractivity contribution >= 4 is 11.1 Å². The molecule has 6 heteroatoms. The molecule has 80 valence electrons. The third-order valence-electron chi connectivity index (χ3n) is 2.33. The van der Waals surface area contributed by atoms with Crippen LogP contribution in [0.15, 0.2) is 38.4 Å². The molecule has 1 aromatic carbocycles. The van der Waals surface area contributed by atoms with Gasteiger partial charge in [0.1, 0.15) is 0 Å². The lowest BCUT2D eigenvalue weighted by Crippen LogP contribution is -1.99. The Balaban J connectivity index is 2.25. The Morgan fingerprint density at radius 1 is 1.12 bits per heavy atom. The van der Waals surface area contributed by atoms with E-state index >= 15 is 0 Å². The smallest absolute Gasteiger partial charge is 0.408 e. The lowest BCUT2D eigenvalue weighted by atomic mass is 10.1. The fourth-order valence-electron chi connectivity index (χ4n) is 1.61. The van der Waals surface area contributed by atoms with E-state index in [1.165, 1.54) is 0 Å². The molecular weight excluding hydrogens is 210 g/mol. The first-order valence-corrected chi connectivity index (χ1v) is 4.63. The average molecular weight is 217 g/mol. The maximum absolute atomic E-state index is 11.0. The first-order valence-electron chi connectivity index (χ1n) is 4.63. The maximum atomic E-state index is 11.0. The third kappa shape index (κ3) is 1.28. The summed E-state index contributed by atoms with van der Waals surface area (Å²) in [4.78, 5) is 29.6. The van der Waals surface area contributed by atoms with E-state index in [1.807, 2.05) is 0 Å². The summed E-state index contributed by atoms with van der Waals surface area (Å²) in [5.74, 6) is -0.491. The zero-order chi connectivity index (χ0) is 11.1. The average Bonchev–Trinajstić information content (AvgIpc) is 2.81. The standard InChI is InChI=1S/C10H7N3O3/c14-9-11-4-7(12-9)5-1-2-8-6(3-5)13-10(15)16-8/h1-4H,(H,13,15)(H2,11,12,14). The van der Waals surface area contributed by atoms with Crippen molar-refractivity contribution in [1.82, 2.24) is 15.0 Å². The molecule has 0 saturated heterocycles. The van der Waals surface area contributed by atoms with Crippen LogP contribution in [0.25, 0.3) is 22.4 Å². The number of benzene rings is 1. The van der Waals surface area contributed by atoms with Gasteiger partial charge in [0.25, 0.3) is 0 Å². The lowest BCUT2D eigenvalue weighted by molar-refractivity contribution is 0.555. The zero-order valence-corrected chi connectivity index (χ0v) is 8.03. The topological polar surface area (TPSA) is 94.7 Å². The van der Waals surface area contributed by atoms with Crippen molar-refractivity contribution in [2.45, 2.75) is 0 Å². The molecule has 0 amide bonds. The first kappa shape index (κ1) is 8.78. The van der Waals surface area contributed by atoms with Crippen LogP contribution < -0.4 is 11.4 Å². The van der Waals surface area contributed by atoms with Crippen LogP contribution in [0.3, 0.4) is 0 Å². The quantitative estimate of drug-likeness (QED) is 0.562. The van der Waals surface area contributed by atoms with E-state index in [9.17, 15) is 9.59 Å². The summed E-state index contributed by atoms with van der Waals surface area (Å²) in [6.45, 7) is 0. The summed E-state index contributed by atoms with van der Waals surface area (Å²) in [6.07, 6.45) is 1.57. The molecule has 3 aromatic rings. The molecule has 6 nitrogen and oxygen atoms in total.